The Morgan fingerprint density at radius 3 is 2.77 bits per heavy atom. The van der Waals surface area contributed by atoms with Crippen molar-refractivity contribution < 1.29 is 19.1 Å². The molecule has 8 heteroatoms. The highest BCUT2D eigenvalue weighted by molar-refractivity contribution is 6.07. The number of para-hydroxylation sites is 2. The number of anilines is 1. The van der Waals surface area contributed by atoms with Gasteiger partial charge in [0.15, 0.2) is 6.10 Å². The number of fused-ring (bicyclic) bond motifs is 2. The van der Waals surface area contributed by atoms with Crippen molar-refractivity contribution >= 4 is 23.1 Å². The summed E-state index contributed by atoms with van der Waals surface area (Å²) >= 11 is 0. The first kappa shape index (κ1) is 18.6. The molecule has 0 N–H and O–H groups in total. The SMILES string of the molecule is Cc1ccn2cc(C(=O)N3C[C@H](C(=O)N4CCOCC4)Oc4ccccc43)nc2c1. The van der Waals surface area contributed by atoms with Crippen LogP contribution in [0.2, 0.25) is 0 Å². The Bertz CT molecular complexity index is 1120. The molecule has 154 valence electrons. The molecule has 2 aliphatic heterocycles. The largest absolute Gasteiger partial charge is 0.476 e. The number of nitrogens with zero attached hydrogens (tertiary/aromatic N) is 4. The molecule has 2 aromatic heterocycles. The maximum Gasteiger partial charge on any atom is 0.278 e. The molecule has 0 radical (unpaired) electrons. The van der Waals surface area contributed by atoms with E-state index in [1.807, 2.05) is 47.9 Å². The number of ether oxygens (including phenoxy) is 2. The third-order valence-corrected chi connectivity index (χ3v) is 5.45. The van der Waals surface area contributed by atoms with Gasteiger partial charge < -0.3 is 18.8 Å². The lowest BCUT2D eigenvalue weighted by atomic mass is 10.1. The molecule has 2 aliphatic rings. The summed E-state index contributed by atoms with van der Waals surface area (Å²) in [5, 5.41) is 0. The summed E-state index contributed by atoms with van der Waals surface area (Å²) < 4.78 is 13.1. The summed E-state index contributed by atoms with van der Waals surface area (Å²) in [4.78, 5) is 34.3. The van der Waals surface area contributed by atoms with Gasteiger partial charge in [-0.3, -0.25) is 14.5 Å². The molecule has 1 atom stereocenters. The zero-order valence-corrected chi connectivity index (χ0v) is 16.7. The summed E-state index contributed by atoms with van der Waals surface area (Å²) in [6.07, 6.45) is 2.83. The quantitative estimate of drug-likeness (QED) is 0.650. The van der Waals surface area contributed by atoms with Crippen LogP contribution in [0.3, 0.4) is 0 Å². The summed E-state index contributed by atoms with van der Waals surface area (Å²) in [5.74, 6) is 0.131. The molecule has 1 fully saturated rings. The molecule has 0 unspecified atom stereocenters. The molecule has 1 aromatic carbocycles. The zero-order valence-electron chi connectivity index (χ0n) is 16.7. The second kappa shape index (κ2) is 7.46. The van der Waals surface area contributed by atoms with Crippen LogP contribution in [0.5, 0.6) is 5.75 Å². The van der Waals surface area contributed by atoms with Gasteiger partial charge in [0.25, 0.3) is 11.8 Å². The van der Waals surface area contributed by atoms with E-state index in [-0.39, 0.29) is 18.4 Å². The van der Waals surface area contributed by atoms with E-state index in [9.17, 15) is 9.59 Å². The Labute approximate surface area is 173 Å². The molecular formula is C22H22N4O4. The number of hydrogen-bond acceptors (Lipinski definition) is 5. The zero-order chi connectivity index (χ0) is 20.7. The Balaban J connectivity index is 1.47. The number of amides is 2. The first-order valence-electron chi connectivity index (χ1n) is 9.99. The number of carbonyl (C=O) groups is 2. The van der Waals surface area contributed by atoms with Gasteiger partial charge in [-0.15, -0.1) is 0 Å². The number of pyridine rings is 1. The van der Waals surface area contributed by atoms with E-state index in [0.717, 1.165) is 5.56 Å². The number of benzene rings is 1. The van der Waals surface area contributed by atoms with Crippen LogP contribution in [-0.4, -0.2) is 65.1 Å². The minimum Gasteiger partial charge on any atom is -0.476 e. The lowest BCUT2D eigenvalue weighted by Crippen LogP contribution is -2.54. The van der Waals surface area contributed by atoms with Crippen LogP contribution in [0.25, 0.3) is 5.65 Å². The predicted octanol–water partition coefficient (Wildman–Crippen LogP) is 1.91. The Hall–Kier alpha value is -3.39. The first-order valence-corrected chi connectivity index (χ1v) is 9.99. The highest BCUT2D eigenvalue weighted by Gasteiger charge is 2.37. The van der Waals surface area contributed by atoms with Crippen molar-refractivity contribution in [3.05, 3.63) is 60.0 Å². The summed E-state index contributed by atoms with van der Waals surface area (Å²) in [5.41, 5.74) is 2.75. The Morgan fingerprint density at radius 1 is 1.13 bits per heavy atom. The molecule has 0 saturated carbocycles. The third-order valence-electron chi connectivity index (χ3n) is 5.45. The van der Waals surface area contributed by atoms with Gasteiger partial charge in [0.1, 0.15) is 17.1 Å². The summed E-state index contributed by atoms with van der Waals surface area (Å²) in [7, 11) is 0. The van der Waals surface area contributed by atoms with Crippen molar-refractivity contribution in [1.29, 1.82) is 0 Å². The number of imidazole rings is 1. The van der Waals surface area contributed by atoms with Crippen molar-refractivity contribution in [2.45, 2.75) is 13.0 Å². The smallest absolute Gasteiger partial charge is 0.278 e. The molecule has 30 heavy (non-hydrogen) atoms. The first-order chi connectivity index (χ1) is 14.6. The van der Waals surface area contributed by atoms with Gasteiger partial charge in [-0.05, 0) is 36.8 Å². The van der Waals surface area contributed by atoms with Crippen molar-refractivity contribution in [2.75, 3.05) is 37.7 Å². The number of carbonyl (C=O) groups excluding carboxylic acids is 2. The second-order valence-corrected chi connectivity index (χ2v) is 7.52. The van der Waals surface area contributed by atoms with Gasteiger partial charge in [0.2, 0.25) is 0 Å². The minimum atomic E-state index is -0.763. The van der Waals surface area contributed by atoms with E-state index in [2.05, 4.69) is 4.98 Å². The van der Waals surface area contributed by atoms with Crippen LogP contribution < -0.4 is 9.64 Å². The molecule has 0 aliphatic carbocycles. The Morgan fingerprint density at radius 2 is 1.93 bits per heavy atom. The monoisotopic (exact) mass is 406 g/mol. The van der Waals surface area contributed by atoms with Gasteiger partial charge in [-0.2, -0.15) is 0 Å². The summed E-state index contributed by atoms with van der Waals surface area (Å²) in [6, 6.07) is 11.2. The summed E-state index contributed by atoms with van der Waals surface area (Å²) in [6.45, 7) is 4.20. The van der Waals surface area contributed by atoms with E-state index in [1.165, 1.54) is 0 Å². The maximum absolute atomic E-state index is 13.4. The minimum absolute atomic E-state index is 0.128. The topological polar surface area (TPSA) is 76.4 Å². The van der Waals surface area contributed by atoms with E-state index < -0.39 is 6.10 Å². The van der Waals surface area contributed by atoms with Crippen LogP contribution in [0.1, 0.15) is 16.1 Å². The molecule has 4 heterocycles. The highest BCUT2D eigenvalue weighted by Crippen LogP contribution is 2.34. The fourth-order valence-corrected chi connectivity index (χ4v) is 3.87. The normalized spacial score (nSPS) is 18.8. The second-order valence-electron chi connectivity index (χ2n) is 7.52. The lowest BCUT2D eigenvalue weighted by molar-refractivity contribution is -0.142. The van der Waals surface area contributed by atoms with Gasteiger partial charge in [-0.25, -0.2) is 4.98 Å². The molecular weight excluding hydrogens is 384 g/mol. The maximum atomic E-state index is 13.4. The lowest BCUT2D eigenvalue weighted by Gasteiger charge is -2.37. The van der Waals surface area contributed by atoms with Gasteiger partial charge >= 0.3 is 0 Å². The van der Waals surface area contributed by atoms with Gasteiger partial charge in [-0.1, -0.05) is 12.1 Å². The Kier molecular flexibility index (Phi) is 4.63. The van der Waals surface area contributed by atoms with Crippen LogP contribution in [0, 0.1) is 6.92 Å². The molecule has 0 bridgehead atoms. The number of hydrogen-bond donors (Lipinski definition) is 0. The van der Waals surface area contributed by atoms with E-state index in [4.69, 9.17) is 9.47 Å². The molecule has 2 amide bonds. The third kappa shape index (κ3) is 3.29. The van der Waals surface area contributed by atoms with Crippen LogP contribution in [-0.2, 0) is 9.53 Å². The van der Waals surface area contributed by atoms with Gasteiger partial charge in [0.05, 0.1) is 25.4 Å². The van der Waals surface area contributed by atoms with Crippen molar-refractivity contribution in [3.8, 4) is 5.75 Å². The number of aryl methyl sites for hydroxylation is 1. The average Bonchev–Trinajstić information content (AvgIpc) is 3.21. The number of rotatable bonds is 2. The van der Waals surface area contributed by atoms with Crippen molar-refractivity contribution in [1.82, 2.24) is 14.3 Å². The number of morpholine rings is 1. The van der Waals surface area contributed by atoms with Crippen molar-refractivity contribution in [3.63, 3.8) is 0 Å². The molecule has 0 spiro atoms. The number of aromatic nitrogens is 2. The molecule has 1 saturated heterocycles. The highest BCUT2D eigenvalue weighted by atomic mass is 16.5. The van der Waals surface area contributed by atoms with E-state index >= 15 is 0 Å². The van der Waals surface area contributed by atoms with E-state index in [1.54, 1.807) is 22.1 Å². The van der Waals surface area contributed by atoms with Crippen LogP contribution in [0.15, 0.2) is 48.8 Å². The van der Waals surface area contributed by atoms with Gasteiger partial charge in [0, 0.05) is 25.5 Å². The van der Waals surface area contributed by atoms with Crippen molar-refractivity contribution in [2.24, 2.45) is 0 Å². The molecule has 8 nitrogen and oxygen atoms in total. The van der Waals surface area contributed by atoms with Crippen LogP contribution >= 0.6 is 0 Å². The average molecular weight is 406 g/mol. The van der Waals surface area contributed by atoms with E-state index in [0.29, 0.717) is 49.1 Å². The fourth-order valence-electron chi connectivity index (χ4n) is 3.87. The predicted molar refractivity (Wildman–Crippen MR) is 110 cm³/mol. The molecule has 3 aromatic rings. The fraction of sp³-hybridized carbons (Fsp3) is 0.318. The molecule has 5 rings (SSSR count). The van der Waals surface area contributed by atoms with Crippen LogP contribution in [0.4, 0.5) is 5.69 Å². The standard InChI is InChI=1S/C22H22N4O4/c1-15-6-7-25-13-16(23-20(25)12-15)21(27)26-14-19(22(28)24-8-10-29-11-9-24)30-18-5-3-2-4-17(18)26/h2-7,12-13,19H,8-11,14H2,1H3/t19-/m1/s1.